The largest absolute Gasteiger partial charge is 0.378 e. The van der Waals surface area contributed by atoms with Crippen molar-refractivity contribution >= 4 is 0 Å². The highest BCUT2D eigenvalue weighted by Gasteiger charge is 2.62. The third-order valence-corrected chi connectivity index (χ3v) is 12.2. The summed E-state index contributed by atoms with van der Waals surface area (Å²) in [6.07, 6.45) is 20.6. The van der Waals surface area contributed by atoms with Gasteiger partial charge in [-0.3, -0.25) is 0 Å². The minimum absolute atomic E-state index is 0.0611. The van der Waals surface area contributed by atoms with E-state index in [2.05, 4.69) is 13.8 Å². The molecular formula is C32H54O5. The summed E-state index contributed by atoms with van der Waals surface area (Å²) in [5, 5.41) is 0. The Hall–Kier alpha value is -0.200. The molecule has 4 saturated carbocycles. The van der Waals surface area contributed by atoms with Crippen LogP contribution in [0.3, 0.4) is 0 Å². The Labute approximate surface area is 226 Å². The molecule has 0 bridgehead atoms. The fourth-order valence-corrected chi connectivity index (χ4v) is 10.0. The summed E-state index contributed by atoms with van der Waals surface area (Å²) in [6.45, 7) is 9.49. The molecule has 5 nitrogen and oxygen atoms in total. The van der Waals surface area contributed by atoms with Crippen LogP contribution in [0.15, 0.2) is 0 Å². The zero-order valence-corrected chi connectivity index (χ0v) is 23.9. The third-order valence-electron chi connectivity index (χ3n) is 12.2. The van der Waals surface area contributed by atoms with E-state index in [9.17, 15) is 0 Å². The number of ether oxygens (including phenoxy) is 5. The van der Waals surface area contributed by atoms with E-state index in [1.807, 2.05) is 0 Å². The van der Waals surface area contributed by atoms with Crippen molar-refractivity contribution in [3.8, 4) is 0 Å². The first-order valence-corrected chi connectivity index (χ1v) is 16.2. The van der Waals surface area contributed by atoms with Gasteiger partial charge in [0.05, 0.1) is 19.3 Å². The second-order valence-corrected chi connectivity index (χ2v) is 14.0. The summed E-state index contributed by atoms with van der Waals surface area (Å²) in [5.74, 6) is 3.20. The zero-order chi connectivity index (χ0) is 25.3. The highest BCUT2D eigenvalue weighted by molar-refractivity contribution is 5.10. The first-order valence-electron chi connectivity index (χ1n) is 16.2. The SMILES string of the molecule is C[C@]12CCC3(C[C@@H]1CC[C@@H]1[C@@H]2CC[C@]2(C)[C@@H](OCCCCCCOC4CCCCO4)CC[C@@H]12)OCCO3. The van der Waals surface area contributed by atoms with E-state index in [4.69, 9.17) is 23.7 Å². The number of unbranched alkanes of at least 4 members (excludes halogenated alkanes) is 3. The first kappa shape index (κ1) is 27.0. The maximum atomic E-state index is 6.67. The van der Waals surface area contributed by atoms with E-state index in [0.29, 0.717) is 16.9 Å². The maximum absolute atomic E-state index is 6.67. The lowest BCUT2D eigenvalue weighted by Gasteiger charge is -2.61. The predicted molar refractivity (Wildman–Crippen MR) is 144 cm³/mol. The molecule has 37 heavy (non-hydrogen) atoms. The van der Waals surface area contributed by atoms with Gasteiger partial charge in [0.1, 0.15) is 0 Å². The van der Waals surface area contributed by atoms with Crippen LogP contribution in [0.4, 0.5) is 0 Å². The van der Waals surface area contributed by atoms with Crippen molar-refractivity contribution in [1.29, 1.82) is 0 Å². The van der Waals surface area contributed by atoms with Crippen molar-refractivity contribution < 1.29 is 23.7 Å². The van der Waals surface area contributed by atoms with Gasteiger partial charge in [-0.25, -0.2) is 0 Å². The second kappa shape index (κ2) is 11.4. The van der Waals surface area contributed by atoms with Gasteiger partial charge in [0.25, 0.3) is 0 Å². The van der Waals surface area contributed by atoms with Gasteiger partial charge in [-0.1, -0.05) is 26.7 Å². The third kappa shape index (κ3) is 5.31. The second-order valence-electron chi connectivity index (χ2n) is 14.0. The average Bonchev–Trinajstić information content (AvgIpc) is 3.51. The summed E-state index contributed by atoms with van der Waals surface area (Å²) in [6, 6.07) is 0. The molecule has 0 N–H and O–H groups in total. The van der Waals surface area contributed by atoms with Crippen molar-refractivity contribution in [3.63, 3.8) is 0 Å². The minimum Gasteiger partial charge on any atom is -0.378 e. The lowest BCUT2D eigenvalue weighted by Crippen LogP contribution is -2.56. The highest BCUT2D eigenvalue weighted by Crippen LogP contribution is 2.67. The summed E-state index contributed by atoms with van der Waals surface area (Å²) in [4.78, 5) is 0. The van der Waals surface area contributed by atoms with Gasteiger partial charge < -0.3 is 23.7 Å². The number of hydrogen-bond donors (Lipinski definition) is 0. The molecule has 0 aromatic carbocycles. The molecule has 6 fully saturated rings. The summed E-state index contributed by atoms with van der Waals surface area (Å²) in [7, 11) is 0. The zero-order valence-electron chi connectivity index (χ0n) is 23.9. The summed E-state index contributed by atoms with van der Waals surface area (Å²) >= 11 is 0. The van der Waals surface area contributed by atoms with E-state index < -0.39 is 0 Å². The summed E-state index contributed by atoms with van der Waals surface area (Å²) in [5.41, 5.74) is 0.877. The van der Waals surface area contributed by atoms with Crippen molar-refractivity contribution in [3.05, 3.63) is 0 Å². The van der Waals surface area contributed by atoms with Crippen molar-refractivity contribution in [2.24, 2.45) is 34.5 Å². The molecule has 0 radical (unpaired) electrons. The molecule has 0 aromatic rings. The van der Waals surface area contributed by atoms with E-state index in [0.717, 1.165) is 82.4 Å². The Morgan fingerprint density at radius 2 is 1.46 bits per heavy atom. The van der Waals surface area contributed by atoms with Gasteiger partial charge in [0.15, 0.2) is 12.1 Å². The topological polar surface area (TPSA) is 46.2 Å². The van der Waals surface area contributed by atoms with Crippen LogP contribution in [0.1, 0.15) is 117 Å². The molecule has 5 heteroatoms. The average molecular weight is 519 g/mol. The maximum Gasteiger partial charge on any atom is 0.168 e. The van der Waals surface area contributed by atoms with E-state index in [1.165, 1.54) is 77.0 Å². The first-order chi connectivity index (χ1) is 18.0. The van der Waals surface area contributed by atoms with Crippen LogP contribution in [-0.4, -0.2) is 51.2 Å². The molecule has 4 aliphatic carbocycles. The van der Waals surface area contributed by atoms with Crippen LogP contribution < -0.4 is 0 Å². The van der Waals surface area contributed by atoms with Gasteiger partial charge in [-0.15, -0.1) is 0 Å². The molecule has 0 aromatic heterocycles. The molecular weight excluding hydrogens is 464 g/mol. The molecule has 0 amide bonds. The Morgan fingerprint density at radius 3 is 2.24 bits per heavy atom. The molecule has 6 aliphatic rings. The van der Waals surface area contributed by atoms with Gasteiger partial charge >= 0.3 is 0 Å². The fraction of sp³-hybridized carbons (Fsp3) is 1.00. The van der Waals surface area contributed by atoms with Crippen molar-refractivity contribution in [1.82, 2.24) is 0 Å². The number of rotatable bonds is 9. The van der Waals surface area contributed by atoms with E-state index >= 15 is 0 Å². The fourth-order valence-electron chi connectivity index (χ4n) is 10.0. The van der Waals surface area contributed by atoms with Crippen molar-refractivity contribution in [2.45, 2.75) is 135 Å². The minimum atomic E-state index is -0.233. The standard InChI is InChI=1S/C32H54O5/c1-30-16-17-32(36-21-22-37-32)23-24(30)10-11-25-26-12-13-28(31(26,2)15-14-27(25)30)33-18-6-3-4-7-19-34-29-9-5-8-20-35-29/h24-29H,3-23H2,1-2H3/t24-,25-,26-,27-,28-,29?,30-,31-/m0/s1. The monoisotopic (exact) mass is 518 g/mol. The Balaban J connectivity index is 0.944. The Morgan fingerprint density at radius 1 is 0.676 bits per heavy atom. The predicted octanol–water partition coefficient (Wildman–Crippen LogP) is 7.26. The summed E-state index contributed by atoms with van der Waals surface area (Å²) < 4.78 is 30.5. The normalized spacial score (nSPS) is 44.9. The van der Waals surface area contributed by atoms with Gasteiger partial charge in [-0.05, 0) is 112 Å². The number of hydrogen-bond acceptors (Lipinski definition) is 5. The highest BCUT2D eigenvalue weighted by atomic mass is 16.7. The van der Waals surface area contributed by atoms with Crippen LogP contribution in [-0.2, 0) is 23.7 Å². The smallest absolute Gasteiger partial charge is 0.168 e. The molecule has 6 rings (SSSR count). The quantitative estimate of drug-likeness (QED) is 0.301. The van der Waals surface area contributed by atoms with Gasteiger partial charge in [0.2, 0.25) is 0 Å². The molecule has 1 unspecified atom stereocenters. The van der Waals surface area contributed by atoms with E-state index in [1.54, 1.807) is 0 Å². The lowest BCUT2D eigenvalue weighted by molar-refractivity contribution is -0.230. The Bertz CT molecular complexity index is 745. The van der Waals surface area contributed by atoms with Crippen molar-refractivity contribution in [2.75, 3.05) is 33.0 Å². The molecule has 2 heterocycles. The van der Waals surface area contributed by atoms with Gasteiger partial charge in [0, 0.05) is 32.7 Å². The lowest BCUT2D eigenvalue weighted by atomic mass is 9.45. The molecule has 8 atom stereocenters. The van der Waals surface area contributed by atoms with Gasteiger partial charge in [-0.2, -0.15) is 0 Å². The van der Waals surface area contributed by atoms with Crippen LogP contribution in [0.25, 0.3) is 0 Å². The molecule has 2 aliphatic heterocycles. The van der Waals surface area contributed by atoms with Crippen LogP contribution >= 0.6 is 0 Å². The van der Waals surface area contributed by atoms with Crippen LogP contribution in [0.5, 0.6) is 0 Å². The molecule has 1 spiro atoms. The van der Waals surface area contributed by atoms with Crippen LogP contribution in [0, 0.1) is 34.5 Å². The Kier molecular flexibility index (Phi) is 8.28. The molecule has 2 saturated heterocycles. The van der Waals surface area contributed by atoms with E-state index in [-0.39, 0.29) is 12.1 Å². The number of fused-ring (bicyclic) bond motifs is 5. The molecule has 212 valence electrons. The van der Waals surface area contributed by atoms with Crippen LogP contribution in [0.2, 0.25) is 0 Å².